The number of hydrogen-bond donors (Lipinski definition) is 1. The Labute approximate surface area is 118 Å². The van der Waals surface area contributed by atoms with E-state index in [1.807, 2.05) is 0 Å². The van der Waals surface area contributed by atoms with Crippen molar-refractivity contribution in [1.82, 2.24) is 0 Å². The molecule has 0 amide bonds. The van der Waals surface area contributed by atoms with Gasteiger partial charge >= 0.3 is 5.97 Å². The normalized spacial score (nSPS) is 22.1. The monoisotopic (exact) mass is 302 g/mol. The zero-order valence-electron chi connectivity index (χ0n) is 10.5. The summed E-state index contributed by atoms with van der Waals surface area (Å²) in [6, 6.07) is 0.928. The number of anilines is 1. The topological polar surface area (TPSA) is 83.7 Å². The molecular formula is C12H12ClFN2O4. The summed E-state index contributed by atoms with van der Waals surface area (Å²) in [4.78, 5) is 23.0. The van der Waals surface area contributed by atoms with E-state index in [0.717, 1.165) is 12.1 Å². The van der Waals surface area contributed by atoms with E-state index in [-0.39, 0.29) is 16.6 Å². The first-order valence-electron chi connectivity index (χ1n) is 5.95. The molecular weight excluding hydrogens is 291 g/mol. The second-order valence-electron chi connectivity index (χ2n) is 4.75. The van der Waals surface area contributed by atoms with Crippen LogP contribution in [0, 0.1) is 21.8 Å². The summed E-state index contributed by atoms with van der Waals surface area (Å²) in [5.41, 5.74) is -0.439. The Balaban J connectivity index is 2.54. The molecule has 0 spiro atoms. The number of carbonyl (C=O) groups is 1. The minimum absolute atomic E-state index is 0.0475. The molecule has 1 aliphatic rings. The summed E-state index contributed by atoms with van der Waals surface area (Å²) in [6.07, 6.45) is 0.568. The van der Waals surface area contributed by atoms with Gasteiger partial charge in [-0.05, 0) is 12.3 Å². The SMILES string of the molecule is CC1CCN(c2cc(F)c(Cl)cc2[N+](=O)[O-])C1C(=O)O. The fraction of sp³-hybridized carbons (Fsp3) is 0.417. The molecule has 6 nitrogen and oxygen atoms in total. The Morgan fingerprint density at radius 2 is 2.25 bits per heavy atom. The van der Waals surface area contributed by atoms with Crippen LogP contribution in [0.1, 0.15) is 13.3 Å². The van der Waals surface area contributed by atoms with Crippen LogP contribution in [-0.4, -0.2) is 28.6 Å². The Morgan fingerprint density at radius 1 is 1.60 bits per heavy atom. The van der Waals surface area contributed by atoms with E-state index in [4.69, 9.17) is 11.6 Å². The van der Waals surface area contributed by atoms with Crippen molar-refractivity contribution in [2.45, 2.75) is 19.4 Å². The van der Waals surface area contributed by atoms with Crippen molar-refractivity contribution in [1.29, 1.82) is 0 Å². The molecule has 1 aromatic carbocycles. The number of nitrogens with zero attached hydrogens (tertiary/aromatic N) is 2. The molecule has 1 saturated heterocycles. The van der Waals surface area contributed by atoms with E-state index in [1.54, 1.807) is 6.92 Å². The third kappa shape index (κ3) is 2.40. The van der Waals surface area contributed by atoms with Crippen LogP contribution in [0.15, 0.2) is 12.1 Å². The van der Waals surface area contributed by atoms with Crippen molar-refractivity contribution in [2.24, 2.45) is 5.92 Å². The molecule has 1 aromatic rings. The molecule has 0 aliphatic carbocycles. The van der Waals surface area contributed by atoms with Gasteiger partial charge in [0, 0.05) is 18.7 Å². The molecule has 0 bridgehead atoms. The quantitative estimate of drug-likeness (QED) is 0.685. The van der Waals surface area contributed by atoms with E-state index in [1.165, 1.54) is 4.90 Å². The van der Waals surface area contributed by atoms with E-state index < -0.39 is 28.4 Å². The maximum atomic E-state index is 13.6. The van der Waals surface area contributed by atoms with Crippen LogP contribution in [0.25, 0.3) is 0 Å². The van der Waals surface area contributed by atoms with Crippen LogP contribution in [-0.2, 0) is 4.79 Å². The van der Waals surface area contributed by atoms with Gasteiger partial charge in [-0.25, -0.2) is 9.18 Å². The highest BCUT2D eigenvalue weighted by atomic mass is 35.5. The molecule has 0 saturated carbocycles. The standard InChI is InChI=1S/C12H12ClFN2O4/c1-6-2-3-15(11(6)12(17)18)9-5-8(14)7(13)4-10(9)16(19)20/h4-6,11H,2-3H2,1H3,(H,17,18). The minimum Gasteiger partial charge on any atom is -0.480 e. The summed E-state index contributed by atoms with van der Waals surface area (Å²) in [7, 11) is 0. The lowest BCUT2D eigenvalue weighted by Gasteiger charge is -2.25. The molecule has 0 aromatic heterocycles. The molecule has 20 heavy (non-hydrogen) atoms. The zero-order valence-corrected chi connectivity index (χ0v) is 11.3. The number of aliphatic carboxylic acids is 1. The summed E-state index contributed by atoms with van der Waals surface area (Å²) in [5, 5.41) is 19.9. The van der Waals surface area contributed by atoms with Crippen molar-refractivity contribution in [3.63, 3.8) is 0 Å². The third-order valence-electron chi connectivity index (χ3n) is 3.48. The molecule has 8 heteroatoms. The van der Waals surface area contributed by atoms with Crippen LogP contribution in [0.5, 0.6) is 0 Å². The molecule has 108 valence electrons. The Morgan fingerprint density at radius 3 is 2.80 bits per heavy atom. The maximum Gasteiger partial charge on any atom is 0.326 e. The summed E-state index contributed by atoms with van der Waals surface area (Å²) >= 11 is 5.55. The first-order chi connectivity index (χ1) is 9.32. The molecule has 1 aliphatic heterocycles. The smallest absolute Gasteiger partial charge is 0.326 e. The van der Waals surface area contributed by atoms with Crippen LogP contribution < -0.4 is 4.90 Å². The predicted molar refractivity (Wildman–Crippen MR) is 70.6 cm³/mol. The largest absolute Gasteiger partial charge is 0.480 e. The predicted octanol–water partition coefficient (Wildman–Crippen LogP) is 2.69. The first-order valence-corrected chi connectivity index (χ1v) is 6.33. The van der Waals surface area contributed by atoms with E-state index in [0.29, 0.717) is 13.0 Å². The molecule has 1 fully saturated rings. The molecule has 2 rings (SSSR count). The van der Waals surface area contributed by atoms with Gasteiger partial charge in [0.2, 0.25) is 0 Å². The fourth-order valence-electron chi connectivity index (χ4n) is 2.50. The van der Waals surface area contributed by atoms with Gasteiger partial charge in [0.25, 0.3) is 5.69 Å². The fourth-order valence-corrected chi connectivity index (χ4v) is 2.65. The van der Waals surface area contributed by atoms with E-state index >= 15 is 0 Å². The number of carboxylic acid groups (broad SMARTS) is 1. The van der Waals surface area contributed by atoms with Crippen LogP contribution in [0.4, 0.5) is 15.8 Å². The summed E-state index contributed by atoms with van der Waals surface area (Å²) in [5.74, 6) is -2.07. The first kappa shape index (κ1) is 14.5. The van der Waals surface area contributed by atoms with Gasteiger partial charge in [-0.3, -0.25) is 10.1 Å². The molecule has 2 atom stereocenters. The number of rotatable bonds is 3. The second kappa shape index (κ2) is 5.24. The van der Waals surface area contributed by atoms with Crippen LogP contribution in [0.3, 0.4) is 0 Å². The highest BCUT2D eigenvalue weighted by Crippen LogP contribution is 2.38. The third-order valence-corrected chi connectivity index (χ3v) is 3.77. The van der Waals surface area contributed by atoms with Gasteiger partial charge in [-0.15, -0.1) is 0 Å². The maximum absolute atomic E-state index is 13.6. The van der Waals surface area contributed by atoms with Crippen molar-refractivity contribution in [2.75, 3.05) is 11.4 Å². The number of nitro groups is 1. The van der Waals surface area contributed by atoms with Crippen molar-refractivity contribution < 1.29 is 19.2 Å². The summed E-state index contributed by atoms with van der Waals surface area (Å²) < 4.78 is 13.6. The van der Waals surface area contributed by atoms with E-state index in [9.17, 15) is 24.4 Å². The van der Waals surface area contributed by atoms with Crippen molar-refractivity contribution >= 4 is 28.9 Å². The lowest BCUT2D eigenvalue weighted by Crippen LogP contribution is -2.39. The van der Waals surface area contributed by atoms with Gasteiger partial charge < -0.3 is 10.0 Å². The average molecular weight is 303 g/mol. The van der Waals surface area contributed by atoms with Gasteiger partial charge in [-0.2, -0.15) is 0 Å². The lowest BCUT2D eigenvalue weighted by molar-refractivity contribution is -0.384. The van der Waals surface area contributed by atoms with Crippen LogP contribution in [0.2, 0.25) is 5.02 Å². The van der Waals surface area contributed by atoms with E-state index in [2.05, 4.69) is 0 Å². The van der Waals surface area contributed by atoms with Crippen LogP contribution >= 0.6 is 11.6 Å². The number of nitro benzene ring substituents is 1. The second-order valence-corrected chi connectivity index (χ2v) is 5.16. The van der Waals surface area contributed by atoms with Gasteiger partial charge in [0.05, 0.1) is 9.95 Å². The number of hydrogen-bond acceptors (Lipinski definition) is 4. The van der Waals surface area contributed by atoms with Gasteiger partial charge in [0.1, 0.15) is 17.5 Å². The molecule has 1 heterocycles. The minimum atomic E-state index is -1.08. The van der Waals surface area contributed by atoms with Crippen molar-refractivity contribution in [3.05, 3.63) is 33.1 Å². The van der Waals surface area contributed by atoms with Gasteiger partial charge in [-0.1, -0.05) is 18.5 Å². The molecule has 1 N–H and O–H groups in total. The summed E-state index contributed by atoms with van der Waals surface area (Å²) in [6.45, 7) is 2.07. The number of benzene rings is 1. The Hall–Kier alpha value is -1.89. The highest BCUT2D eigenvalue weighted by molar-refractivity contribution is 6.31. The highest BCUT2D eigenvalue weighted by Gasteiger charge is 2.39. The lowest BCUT2D eigenvalue weighted by atomic mass is 10.0. The Kier molecular flexibility index (Phi) is 3.80. The van der Waals surface area contributed by atoms with Crippen molar-refractivity contribution in [3.8, 4) is 0 Å². The number of carboxylic acids is 1. The molecule has 2 unspecified atom stereocenters. The Bertz CT molecular complexity index is 581. The average Bonchev–Trinajstić information content (AvgIpc) is 2.73. The van der Waals surface area contributed by atoms with Gasteiger partial charge in [0.15, 0.2) is 0 Å². The number of halogens is 2. The zero-order chi connectivity index (χ0) is 15.0. The molecule has 0 radical (unpaired) electrons.